The fraction of sp³-hybridized carbons (Fsp3) is 0.200. The molecule has 1 amide bonds. The molecule has 0 saturated carbocycles. The predicted molar refractivity (Wildman–Crippen MR) is 57.7 cm³/mol. The number of nitrogens with one attached hydrogen (secondary N) is 1. The molecule has 7 heteroatoms. The Morgan fingerprint density at radius 1 is 1.47 bits per heavy atom. The number of aliphatic carboxylic acids is 1. The van der Waals surface area contributed by atoms with Gasteiger partial charge in [-0.2, -0.15) is 0 Å². The Morgan fingerprint density at radius 2 is 2.12 bits per heavy atom. The lowest BCUT2D eigenvalue weighted by Crippen LogP contribution is -2.38. The summed E-state index contributed by atoms with van der Waals surface area (Å²) in [5.74, 6) is -1.84. The minimum Gasteiger partial charge on any atom is -0.480 e. The van der Waals surface area contributed by atoms with E-state index in [1.54, 1.807) is 0 Å². The lowest BCUT2D eigenvalue weighted by Gasteiger charge is -2.08. The van der Waals surface area contributed by atoms with Crippen molar-refractivity contribution in [1.82, 2.24) is 5.32 Å². The van der Waals surface area contributed by atoms with Gasteiger partial charge in [0.2, 0.25) is 0 Å². The van der Waals surface area contributed by atoms with Crippen LogP contribution in [0.4, 0.5) is 5.69 Å². The third-order valence-electron chi connectivity index (χ3n) is 2.04. The van der Waals surface area contributed by atoms with Crippen LogP contribution in [-0.4, -0.2) is 27.9 Å². The first kappa shape index (κ1) is 12.6. The van der Waals surface area contributed by atoms with Gasteiger partial charge in [0, 0.05) is 17.7 Å². The van der Waals surface area contributed by atoms with Crippen LogP contribution in [0, 0.1) is 10.1 Å². The molecule has 0 bridgehead atoms. The number of carboxylic acid groups (broad SMARTS) is 1. The van der Waals surface area contributed by atoms with E-state index in [0.29, 0.717) is 0 Å². The van der Waals surface area contributed by atoms with Crippen molar-refractivity contribution < 1.29 is 19.6 Å². The van der Waals surface area contributed by atoms with Gasteiger partial charge in [-0.15, -0.1) is 0 Å². The van der Waals surface area contributed by atoms with Crippen molar-refractivity contribution in [2.45, 2.75) is 13.0 Å². The minimum atomic E-state index is -1.18. The van der Waals surface area contributed by atoms with E-state index in [1.807, 2.05) is 0 Å². The molecule has 2 N–H and O–H groups in total. The lowest BCUT2D eigenvalue weighted by atomic mass is 10.2. The zero-order valence-electron chi connectivity index (χ0n) is 8.91. The lowest BCUT2D eigenvalue weighted by molar-refractivity contribution is -0.384. The molecule has 0 aliphatic heterocycles. The molecule has 0 aromatic heterocycles. The highest BCUT2D eigenvalue weighted by Gasteiger charge is 2.16. The molecule has 17 heavy (non-hydrogen) atoms. The number of hydrogen-bond donors (Lipinski definition) is 2. The summed E-state index contributed by atoms with van der Waals surface area (Å²) < 4.78 is 0. The molecule has 1 aromatic rings. The van der Waals surface area contributed by atoms with Crippen molar-refractivity contribution in [2.75, 3.05) is 0 Å². The van der Waals surface area contributed by atoms with Crippen LogP contribution in [0.15, 0.2) is 24.3 Å². The smallest absolute Gasteiger partial charge is 0.325 e. The normalized spacial score (nSPS) is 11.6. The maximum absolute atomic E-state index is 11.5. The third kappa shape index (κ3) is 3.26. The summed E-state index contributed by atoms with van der Waals surface area (Å²) in [5, 5.41) is 21.3. The number of nitrogens with zero attached hydrogens (tertiary/aromatic N) is 1. The first-order chi connectivity index (χ1) is 7.91. The number of carbonyl (C=O) groups excluding carboxylic acids is 1. The van der Waals surface area contributed by atoms with E-state index in [0.717, 1.165) is 6.07 Å². The van der Waals surface area contributed by atoms with Gasteiger partial charge in [0.05, 0.1) is 4.92 Å². The number of amides is 1. The summed E-state index contributed by atoms with van der Waals surface area (Å²) in [6, 6.07) is 4.01. The number of rotatable bonds is 4. The molecule has 1 atom stereocenters. The zero-order valence-corrected chi connectivity index (χ0v) is 8.91. The van der Waals surface area contributed by atoms with E-state index in [1.165, 1.54) is 25.1 Å². The van der Waals surface area contributed by atoms with Gasteiger partial charge in [-0.3, -0.25) is 19.7 Å². The van der Waals surface area contributed by atoms with Crippen molar-refractivity contribution in [3.63, 3.8) is 0 Å². The summed E-state index contributed by atoms with van der Waals surface area (Å²) in [6.45, 7) is 1.30. The number of nitro benzene ring substituents is 1. The summed E-state index contributed by atoms with van der Waals surface area (Å²) in [4.78, 5) is 31.9. The van der Waals surface area contributed by atoms with Crippen LogP contribution in [0.2, 0.25) is 0 Å². The Balaban J connectivity index is 2.86. The van der Waals surface area contributed by atoms with Crippen molar-refractivity contribution in [3.05, 3.63) is 39.9 Å². The maximum atomic E-state index is 11.5. The van der Waals surface area contributed by atoms with Crippen LogP contribution < -0.4 is 5.32 Å². The van der Waals surface area contributed by atoms with Gasteiger partial charge in [0.1, 0.15) is 6.04 Å². The van der Waals surface area contributed by atoms with Gasteiger partial charge in [-0.25, -0.2) is 0 Å². The molecular formula is C10H10N2O5. The second kappa shape index (κ2) is 5.06. The summed E-state index contributed by atoms with van der Waals surface area (Å²) in [5.41, 5.74) is -0.173. The van der Waals surface area contributed by atoms with Crippen LogP contribution in [0.1, 0.15) is 17.3 Å². The molecule has 90 valence electrons. The Kier molecular flexibility index (Phi) is 3.76. The van der Waals surface area contributed by atoms with Gasteiger partial charge in [-0.05, 0) is 13.0 Å². The van der Waals surface area contributed by atoms with Crippen molar-refractivity contribution in [2.24, 2.45) is 0 Å². The largest absolute Gasteiger partial charge is 0.480 e. The predicted octanol–water partition coefficient (Wildman–Crippen LogP) is 0.798. The second-order valence-corrected chi connectivity index (χ2v) is 3.34. The highest BCUT2D eigenvalue weighted by molar-refractivity contribution is 5.96. The van der Waals surface area contributed by atoms with Crippen molar-refractivity contribution in [3.8, 4) is 0 Å². The van der Waals surface area contributed by atoms with E-state index in [4.69, 9.17) is 5.11 Å². The molecule has 0 heterocycles. The van der Waals surface area contributed by atoms with Gasteiger partial charge >= 0.3 is 5.97 Å². The number of non-ortho nitro benzene ring substituents is 1. The van der Waals surface area contributed by atoms with E-state index in [9.17, 15) is 19.7 Å². The monoisotopic (exact) mass is 238 g/mol. The first-order valence-corrected chi connectivity index (χ1v) is 4.70. The molecule has 0 aliphatic carbocycles. The number of benzene rings is 1. The molecule has 1 rings (SSSR count). The number of carbonyl (C=O) groups is 2. The van der Waals surface area contributed by atoms with Gasteiger partial charge in [0.15, 0.2) is 0 Å². The molecule has 0 spiro atoms. The number of hydrogen-bond acceptors (Lipinski definition) is 4. The Bertz CT molecular complexity index is 472. The van der Waals surface area contributed by atoms with Crippen LogP contribution in [0.3, 0.4) is 0 Å². The maximum Gasteiger partial charge on any atom is 0.325 e. The standard InChI is InChI=1S/C10H10N2O5/c1-6(10(14)15)11-9(13)7-3-2-4-8(5-7)12(16)17/h2-6H,1H3,(H,11,13)(H,14,15). The summed E-state index contributed by atoms with van der Waals surface area (Å²) in [7, 11) is 0. The van der Waals surface area contributed by atoms with Crippen LogP contribution in [-0.2, 0) is 4.79 Å². The highest BCUT2D eigenvalue weighted by Crippen LogP contribution is 2.12. The molecule has 1 aromatic carbocycles. The third-order valence-corrected chi connectivity index (χ3v) is 2.04. The SMILES string of the molecule is CC(NC(=O)c1cccc([N+](=O)[O-])c1)C(=O)O. The summed E-state index contributed by atoms with van der Waals surface area (Å²) >= 11 is 0. The number of carboxylic acids is 1. The van der Waals surface area contributed by atoms with Crippen LogP contribution >= 0.6 is 0 Å². The van der Waals surface area contributed by atoms with Crippen LogP contribution in [0.25, 0.3) is 0 Å². The molecule has 0 aliphatic rings. The second-order valence-electron chi connectivity index (χ2n) is 3.34. The van der Waals surface area contributed by atoms with Crippen molar-refractivity contribution >= 4 is 17.6 Å². The van der Waals surface area contributed by atoms with E-state index < -0.39 is 22.8 Å². The Labute approximate surface area is 96.2 Å². The molecule has 0 radical (unpaired) electrons. The van der Waals surface area contributed by atoms with Crippen LogP contribution in [0.5, 0.6) is 0 Å². The Hall–Kier alpha value is -2.44. The Morgan fingerprint density at radius 3 is 2.65 bits per heavy atom. The average Bonchev–Trinajstić information content (AvgIpc) is 2.28. The van der Waals surface area contributed by atoms with Gasteiger partial charge in [0.25, 0.3) is 11.6 Å². The van der Waals surface area contributed by atoms with E-state index in [2.05, 4.69) is 5.32 Å². The van der Waals surface area contributed by atoms with E-state index >= 15 is 0 Å². The first-order valence-electron chi connectivity index (χ1n) is 4.70. The van der Waals surface area contributed by atoms with Crippen molar-refractivity contribution in [1.29, 1.82) is 0 Å². The molecule has 0 fully saturated rings. The molecule has 1 unspecified atom stereocenters. The fourth-order valence-corrected chi connectivity index (χ4v) is 1.10. The zero-order chi connectivity index (χ0) is 13.0. The highest BCUT2D eigenvalue weighted by atomic mass is 16.6. The van der Waals surface area contributed by atoms with Gasteiger partial charge < -0.3 is 10.4 Å². The number of nitro groups is 1. The fourth-order valence-electron chi connectivity index (χ4n) is 1.10. The molecule has 0 saturated heterocycles. The minimum absolute atomic E-state index is 0.0484. The van der Waals surface area contributed by atoms with E-state index in [-0.39, 0.29) is 11.3 Å². The molecular weight excluding hydrogens is 228 g/mol. The summed E-state index contributed by atoms with van der Waals surface area (Å²) in [6.07, 6.45) is 0. The van der Waals surface area contributed by atoms with Gasteiger partial charge in [-0.1, -0.05) is 6.07 Å². The topological polar surface area (TPSA) is 110 Å². The quantitative estimate of drug-likeness (QED) is 0.595. The molecule has 7 nitrogen and oxygen atoms in total. The average molecular weight is 238 g/mol.